The average Bonchev–Trinajstić information content (AvgIpc) is 2.76. The quantitative estimate of drug-likeness (QED) is 0.881. The molecule has 114 valence electrons. The van der Waals surface area contributed by atoms with Crippen molar-refractivity contribution in [1.82, 2.24) is 14.5 Å². The lowest BCUT2D eigenvalue weighted by atomic mass is 10.1. The van der Waals surface area contributed by atoms with E-state index in [0.29, 0.717) is 12.4 Å². The molecule has 0 amide bonds. The summed E-state index contributed by atoms with van der Waals surface area (Å²) in [5.41, 5.74) is 6.92. The predicted molar refractivity (Wildman–Crippen MR) is 87.1 cm³/mol. The number of pyridine rings is 1. The molecule has 5 nitrogen and oxygen atoms in total. The maximum Gasteiger partial charge on any atom is 0.152 e. The number of imidazole rings is 1. The number of anilines is 1. The Morgan fingerprint density at radius 3 is 2.38 bits per heavy atom. The summed E-state index contributed by atoms with van der Waals surface area (Å²) in [7, 11) is 0. The molecule has 2 rings (SSSR count). The zero-order valence-corrected chi connectivity index (χ0v) is 13.4. The average molecular weight is 288 g/mol. The first-order chi connectivity index (χ1) is 9.82. The molecular formula is C16H24N4O. The van der Waals surface area contributed by atoms with Gasteiger partial charge < -0.3 is 15.4 Å². The van der Waals surface area contributed by atoms with E-state index in [4.69, 9.17) is 5.73 Å². The Kier molecular flexibility index (Phi) is 4.05. The van der Waals surface area contributed by atoms with Crippen LogP contribution in [-0.4, -0.2) is 25.2 Å². The van der Waals surface area contributed by atoms with E-state index >= 15 is 0 Å². The first-order valence-corrected chi connectivity index (χ1v) is 7.32. The van der Waals surface area contributed by atoms with Gasteiger partial charge in [-0.25, -0.2) is 9.97 Å². The third kappa shape index (κ3) is 2.78. The molecule has 0 aromatic carbocycles. The van der Waals surface area contributed by atoms with E-state index in [2.05, 4.69) is 14.5 Å². The van der Waals surface area contributed by atoms with Gasteiger partial charge in [-0.1, -0.05) is 19.1 Å². The molecule has 0 saturated carbocycles. The Labute approximate surface area is 124 Å². The summed E-state index contributed by atoms with van der Waals surface area (Å²) in [4.78, 5) is 9.06. The van der Waals surface area contributed by atoms with Gasteiger partial charge in [0.15, 0.2) is 5.82 Å². The summed E-state index contributed by atoms with van der Waals surface area (Å²) in [5, 5.41) is 12.1. The summed E-state index contributed by atoms with van der Waals surface area (Å²) in [6.07, 6.45) is 4.74. The Morgan fingerprint density at radius 1 is 1.24 bits per heavy atom. The molecule has 0 unspecified atom stereocenters. The van der Waals surface area contributed by atoms with Crippen LogP contribution in [0.15, 0.2) is 0 Å². The third-order valence-electron chi connectivity index (χ3n) is 3.48. The van der Waals surface area contributed by atoms with Crippen LogP contribution in [0.4, 0.5) is 5.82 Å². The van der Waals surface area contributed by atoms with Gasteiger partial charge in [0.2, 0.25) is 0 Å². The van der Waals surface area contributed by atoms with Crippen LogP contribution in [0.3, 0.4) is 0 Å². The van der Waals surface area contributed by atoms with E-state index in [1.807, 2.05) is 32.9 Å². The van der Waals surface area contributed by atoms with Crippen molar-refractivity contribution in [2.45, 2.75) is 53.2 Å². The Hall–Kier alpha value is -1.88. The van der Waals surface area contributed by atoms with Crippen LogP contribution in [0.2, 0.25) is 0 Å². The van der Waals surface area contributed by atoms with Gasteiger partial charge >= 0.3 is 0 Å². The van der Waals surface area contributed by atoms with Gasteiger partial charge in [0, 0.05) is 11.6 Å². The van der Waals surface area contributed by atoms with Gasteiger partial charge in [0.1, 0.15) is 11.3 Å². The summed E-state index contributed by atoms with van der Waals surface area (Å²) >= 11 is 0. The number of nitrogens with two attached hydrogens (primary N) is 1. The molecule has 2 aromatic rings. The number of aryl methyl sites for hydroxylation is 1. The fourth-order valence-electron chi connectivity index (χ4n) is 2.65. The molecule has 21 heavy (non-hydrogen) atoms. The van der Waals surface area contributed by atoms with Crippen LogP contribution < -0.4 is 16.3 Å². The second-order valence-electron chi connectivity index (χ2n) is 5.85. The molecule has 0 fully saturated rings. The molecule has 0 bridgehead atoms. The van der Waals surface area contributed by atoms with Gasteiger partial charge in [0.05, 0.1) is 23.0 Å². The van der Waals surface area contributed by atoms with Crippen LogP contribution in [0.25, 0.3) is 23.2 Å². The van der Waals surface area contributed by atoms with E-state index in [9.17, 15) is 5.11 Å². The number of hydrogen-bond acceptors (Lipinski definition) is 4. The van der Waals surface area contributed by atoms with Gasteiger partial charge in [-0.05, 0) is 27.7 Å². The smallest absolute Gasteiger partial charge is 0.152 e. The Balaban J connectivity index is 2.98. The second-order valence-corrected chi connectivity index (χ2v) is 5.85. The van der Waals surface area contributed by atoms with Crippen molar-refractivity contribution in [1.29, 1.82) is 0 Å². The van der Waals surface area contributed by atoms with Crippen LogP contribution >= 0.6 is 0 Å². The zero-order chi connectivity index (χ0) is 15.8. The van der Waals surface area contributed by atoms with Crippen LogP contribution in [0, 0.1) is 0 Å². The fourth-order valence-corrected chi connectivity index (χ4v) is 2.65. The van der Waals surface area contributed by atoms with Crippen molar-refractivity contribution >= 4 is 29.0 Å². The van der Waals surface area contributed by atoms with Crippen LogP contribution in [0.1, 0.15) is 40.4 Å². The van der Waals surface area contributed by atoms with E-state index in [-0.39, 0.29) is 0 Å². The lowest BCUT2D eigenvalue weighted by Crippen LogP contribution is -2.33. The molecule has 0 aliphatic heterocycles. The molecule has 0 atom stereocenters. The molecule has 0 spiro atoms. The number of aromatic nitrogens is 3. The van der Waals surface area contributed by atoms with Gasteiger partial charge in [-0.2, -0.15) is 0 Å². The van der Waals surface area contributed by atoms with E-state index in [1.54, 1.807) is 13.8 Å². The van der Waals surface area contributed by atoms with Crippen LogP contribution in [0.5, 0.6) is 0 Å². The lowest BCUT2D eigenvalue weighted by molar-refractivity contribution is 0.0618. The maximum absolute atomic E-state index is 10.2. The molecule has 0 radical (unpaired) electrons. The monoisotopic (exact) mass is 288 g/mol. The molecule has 0 aliphatic carbocycles. The van der Waals surface area contributed by atoms with E-state index in [0.717, 1.165) is 33.8 Å². The SMILES string of the molecule is CC=c1nc(N)c2nc(CC)n(CC(C)(C)O)c2c1=CC. The molecule has 0 saturated heterocycles. The predicted octanol–water partition coefficient (Wildman–Crippen LogP) is 0.948. The highest BCUT2D eigenvalue weighted by atomic mass is 16.3. The van der Waals surface area contributed by atoms with Gasteiger partial charge in [0.25, 0.3) is 0 Å². The molecular weight excluding hydrogens is 264 g/mol. The second kappa shape index (κ2) is 5.48. The Morgan fingerprint density at radius 2 is 1.90 bits per heavy atom. The number of nitrogens with zero attached hydrogens (tertiary/aromatic N) is 3. The molecule has 5 heteroatoms. The first-order valence-electron chi connectivity index (χ1n) is 7.32. The standard InChI is InChI=1S/C16H24N4O/c1-6-10-11(7-2)18-15(17)13-14(10)20(9-16(4,5)21)12(8-3)19-13/h6-7,21H,8-9H2,1-5H3,(H2,17,18). The van der Waals surface area contributed by atoms with Gasteiger partial charge in [-0.15, -0.1) is 0 Å². The lowest BCUT2D eigenvalue weighted by Gasteiger charge is -2.20. The summed E-state index contributed by atoms with van der Waals surface area (Å²) in [5.74, 6) is 1.35. The van der Waals surface area contributed by atoms with Crippen molar-refractivity contribution in [3.05, 3.63) is 16.4 Å². The first kappa shape index (κ1) is 15.5. The van der Waals surface area contributed by atoms with Crippen molar-refractivity contribution in [3.63, 3.8) is 0 Å². The molecule has 0 aliphatic rings. The van der Waals surface area contributed by atoms with E-state index < -0.39 is 5.60 Å². The van der Waals surface area contributed by atoms with Crippen molar-refractivity contribution < 1.29 is 5.11 Å². The zero-order valence-electron chi connectivity index (χ0n) is 13.4. The largest absolute Gasteiger partial charge is 0.389 e. The number of fused-ring (bicyclic) bond motifs is 1. The number of rotatable bonds is 3. The third-order valence-corrected chi connectivity index (χ3v) is 3.48. The van der Waals surface area contributed by atoms with Crippen molar-refractivity contribution in [3.8, 4) is 0 Å². The summed E-state index contributed by atoms with van der Waals surface area (Å²) in [6.45, 7) is 10.0. The highest BCUT2D eigenvalue weighted by Crippen LogP contribution is 2.19. The Bertz CT molecular complexity index is 781. The highest BCUT2D eigenvalue weighted by Gasteiger charge is 2.20. The van der Waals surface area contributed by atoms with Crippen LogP contribution in [-0.2, 0) is 13.0 Å². The molecule has 3 N–H and O–H groups in total. The minimum Gasteiger partial charge on any atom is -0.389 e. The summed E-state index contributed by atoms with van der Waals surface area (Å²) < 4.78 is 2.07. The molecule has 2 aromatic heterocycles. The highest BCUT2D eigenvalue weighted by molar-refractivity contribution is 5.86. The van der Waals surface area contributed by atoms with E-state index in [1.165, 1.54) is 0 Å². The normalized spacial score (nSPS) is 14.4. The summed E-state index contributed by atoms with van der Waals surface area (Å²) in [6, 6.07) is 0. The fraction of sp³-hybridized carbons (Fsp3) is 0.500. The van der Waals surface area contributed by atoms with Crippen molar-refractivity contribution in [2.24, 2.45) is 0 Å². The number of aliphatic hydroxyl groups is 1. The van der Waals surface area contributed by atoms with Crippen molar-refractivity contribution in [2.75, 3.05) is 5.73 Å². The number of hydrogen-bond donors (Lipinski definition) is 2. The maximum atomic E-state index is 10.2. The number of nitrogen functional groups attached to an aromatic ring is 1. The molecule has 2 heterocycles. The minimum absolute atomic E-state index is 0.438. The van der Waals surface area contributed by atoms with Gasteiger partial charge in [-0.3, -0.25) is 0 Å². The topological polar surface area (TPSA) is 77.0 Å². The minimum atomic E-state index is -0.823.